The number of hydrazine groups is 1. The topological polar surface area (TPSA) is 47.3 Å². The summed E-state index contributed by atoms with van der Waals surface area (Å²) in [6, 6.07) is 0.100. The van der Waals surface area contributed by atoms with Crippen LogP contribution in [0, 0.1) is 5.92 Å². The molecule has 1 unspecified atom stereocenters. The molecule has 84 valence electrons. The van der Waals surface area contributed by atoms with E-state index in [1.54, 1.807) is 0 Å². The van der Waals surface area contributed by atoms with Crippen molar-refractivity contribution in [2.24, 2.45) is 11.8 Å². The van der Waals surface area contributed by atoms with Crippen LogP contribution >= 0.6 is 0 Å². The molecule has 0 aliphatic heterocycles. The van der Waals surface area contributed by atoms with Crippen molar-refractivity contribution in [2.75, 3.05) is 13.2 Å². The summed E-state index contributed by atoms with van der Waals surface area (Å²) in [7, 11) is 0. The number of nitrogens with two attached hydrogens (primary N) is 1. The van der Waals surface area contributed by atoms with Crippen molar-refractivity contribution >= 4 is 0 Å². The maximum absolute atomic E-state index is 11.7. The summed E-state index contributed by atoms with van der Waals surface area (Å²) in [5.41, 5.74) is 2.60. The van der Waals surface area contributed by atoms with Gasteiger partial charge < -0.3 is 4.74 Å². The van der Waals surface area contributed by atoms with E-state index in [0.717, 1.165) is 12.8 Å². The van der Waals surface area contributed by atoms with E-state index in [0.29, 0.717) is 12.3 Å². The first-order valence-electron chi connectivity index (χ1n) is 4.63. The fraction of sp³-hybridized carbons (Fsp3) is 1.00. The Morgan fingerprint density at radius 2 is 2.07 bits per heavy atom. The zero-order chi connectivity index (χ0) is 10.6. The first kappa shape index (κ1) is 11.7. The van der Waals surface area contributed by atoms with Crippen LogP contribution in [-0.2, 0) is 4.74 Å². The van der Waals surface area contributed by atoms with Crippen LogP contribution in [0.25, 0.3) is 0 Å². The van der Waals surface area contributed by atoms with Crippen LogP contribution in [0.2, 0.25) is 0 Å². The Morgan fingerprint density at radius 3 is 2.50 bits per heavy atom. The highest BCUT2D eigenvalue weighted by Gasteiger charge is 2.31. The van der Waals surface area contributed by atoms with Gasteiger partial charge in [-0.1, -0.05) is 0 Å². The molecule has 0 aromatic heterocycles. The molecule has 0 amide bonds. The van der Waals surface area contributed by atoms with Crippen LogP contribution in [0.4, 0.5) is 13.2 Å². The van der Waals surface area contributed by atoms with E-state index in [4.69, 9.17) is 5.84 Å². The maximum atomic E-state index is 11.7. The molecule has 0 heterocycles. The Morgan fingerprint density at radius 1 is 1.43 bits per heavy atom. The average molecular weight is 212 g/mol. The van der Waals surface area contributed by atoms with Gasteiger partial charge in [0.15, 0.2) is 0 Å². The van der Waals surface area contributed by atoms with E-state index >= 15 is 0 Å². The lowest BCUT2D eigenvalue weighted by atomic mass is 10.1. The van der Waals surface area contributed by atoms with Gasteiger partial charge >= 0.3 is 6.18 Å². The third-order valence-electron chi connectivity index (χ3n) is 2.24. The lowest BCUT2D eigenvalue weighted by Gasteiger charge is -2.15. The number of hydrogen-bond acceptors (Lipinski definition) is 3. The fourth-order valence-corrected chi connectivity index (χ4v) is 1.35. The van der Waals surface area contributed by atoms with Gasteiger partial charge in [0.05, 0.1) is 0 Å². The fourth-order valence-electron chi connectivity index (χ4n) is 1.35. The van der Waals surface area contributed by atoms with Gasteiger partial charge in [0.1, 0.15) is 6.61 Å². The molecule has 1 aliphatic carbocycles. The molecule has 3 N–H and O–H groups in total. The Kier molecular flexibility index (Phi) is 4.15. The molecule has 0 aromatic rings. The van der Waals surface area contributed by atoms with Crippen LogP contribution in [0.15, 0.2) is 0 Å². The van der Waals surface area contributed by atoms with Crippen LogP contribution in [0.5, 0.6) is 0 Å². The molecule has 0 radical (unpaired) electrons. The highest BCUT2D eigenvalue weighted by Crippen LogP contribution is 2.33. The van der Waals surface area contributed by atoms with Crippen LogP contribution in [0.3, 0.4) is 0 Å². The summed E-state index contributed by atoms with van der Waals surface area (Å²) >= 11 is 0. The number of ether oxygens (including phenoxy) is 1. The smallest absolute Gasteiger partial charge is 0.372 e. The molecule has 0 spiro atoms. The molecule has 14 heavy (non-hydrogen) atoms. The summed E-state index contributed by atoms with van der Waals surface area (Å²) in [5, 5.41) is 0. The standard InChI is InChI=1S/C8H15F3N2O/c9-8(10,11)5-14-4-3-7(13-12)6-1-2-6/h6-7,13H,1-5,12H2. The average Bonchev–Trinajstić information content (AvgIpc) is 2.86. The maximum Gasteiger partial charge on any atom is 0.411 e. The molecule has 0 bridgehead atoms. The predicted molar refractivity (Wildman–Crippen MR) is 45.3 cm³/mol. The first-order valence-corrected chi connectivity index (χ1v) is 4.63. The quantitative estimate of drug-likeness (QED) is 0.395. The second kappa shape index (κ2) is 4.95. The van der Waals surface area contributed by atoms with Gasteiger partial charge in [0.25, 0.3) is 0 Å². The van der Waals surface area contributed by atoms with Crippen molar-refractivity contribution in [1.82, 2.24) is 5.43 Å². The molecular weight excluding hydrogens is 197 g/mol. The first-order chi connectivity index (χ1) is 6.53. The molecule has 0 saturated heterocycles. The van der Waals surface area contributed by atoms with E-state index in [1.165, 1.54) is 0 Å². The van der Waals surface area contributed by atoms with E-state index in [1.807, 2.05) is 0 Å². The minimum atomic E-state index is -4.23. The van der Waals surface area contributed by atoms with Crippen LogP contribution < -0.4 is 11.3 Å². The minimum absolute atomic E-state index is 0.100. The van der Waals surface area contributed by atoms with Gasteiger partial charge in [-0.2, -0.15) is 13.2 Å². The Hall–Kier alpha value is -0.330. The molecule has 1 aliphatic rings. The largest absolute Gasteiger partial charge is 0.411 e. The molecule has 6 heteroatoms. The molecule has 1 saturated carbocycles. The Balaban J connectivity index is 2.02. The number of hydrogen-bond donors (Lipinski definition) is 2. The number of nitrogens with one attached hydrogen (secondary N) is 1. The van der Waals surface area contributed by atoms with Crippen molar-refractivity contribution in [3.63, 3.8) is 0 Å². The normalized spacial score (nSPS) is 19.7. The van der Waals surface area contributed by atoms with Crippen molar-refractivity contribution in [3.8, 4) is 0 Å². The Bertz CT molecular complexity index is 170. The van der Waals surface area contributed by atoms with E-state index in [2.05, 4.69) is 10.2 Å². The summed E-state index contributed by atoms with van der Waals surface area (Å²) in [6.07, 6.45) is -1.48. The third kappa shape index (κ3) is 4.78. The van der Waals surface area contributed by atoms with Gasteiger partial charge in [-0.25, -0.2) is 0 Å². The van der Waals surface area contributed by atoms with Gasteiger partial charge in [-0.3, -0.25) is 11.3 Å². The van der Waals surface area contributed by atoms with E-state index in [-0.39, 0.29) is 12.6 Å². The van der Waals surface area contributed by atoms with Crippen molar-refractivity contribution in [3.05, 3.63) is 0 Å². The van der Waals surface area contributed by atoms with Gasteiger partial charge in [-0.15, -0.1) is 0 Å². The number of halogens is 3. The highest BCUT2D eigenvalue weighted by atomic mass is 19.4. The van der Waals surface area contributed by atoms with E-state index in [9.17, 15) is 13.2 Å². The monoisotopic (exact) mass is 212 g/mol. The minimum Gasteiger partial charge on any atom is -0.372 e. The van der Waals surface area contributed by atoms with Crippen molar-refractivity contribution < 1.29 is 17.9 Å². The second-order valence-electron chi connectivity index (χ2n) is 3.57. The van der Waals surface area contributed by atoms with Crippen LogP contribution in [0.1, 0.15) is 19.3 Å². The molecule has 0 aromatic carbocycles. The summed E-state index contributed by atoms with van der Waals surface area (Å²) in [6.45, 7) is -1.07. The summed E-state index contributed by atoms with van der Waals surface area (Å²) < 4.78 is 39.5. The molecule has 3 nitrogen and oxygen atoms in total. The number of rotatable bonds is 6. The SMILES string of the molecule is NNC(CCOCC(F)(F)F)C1CC1. The second-order valence-corrected chi connectivity index (χ2v) is 3.57. The van der Waals surface area contributed by atoms with Gasteiger partial charge in [0.2, 0.25) is 0 Å². The highest BCUT2D eigenvalue weighted by molar-refractivity contribution is 4.84. The zero-order valence-electron chi connectivity index (χ0n) is 7.81. The van der Waals surface area contributed by atoms with Crippen LogP contribution in [-0.4, -0.2) is 25.4 Å². The molecular formula is C8H15F3N2O. The zero-order valence-corrected chi connectivity index (χ0v) is 7.81. The van der Waals surface area contributed by atoms with Gasteiger partial charge in [0, 0.05) is 12.6 Å². The van der Waals surface area contributed by atoms with Gasteiger partial charge in [-0.05, 0) is 25.2 Å². The van der Waals surface area contributed by atoms with E-state index < -0.39 is 12.8 Å². The molecule has 1 atom stereocenters. The Labute approximate surface area is 80.8 Å². The summed E-state index contributed by atoms with van der Waals surface area (Å²) in [5.74, 6) is 5.78. The molecule has 1 fully saturated rings. The lowest BCUT2D eigenvalue weighted by molar-refractivity contribution is -0.174. The number of alkyl halides is 3. The predicted octanol–water partition coefficient (Wildman–Crippen LogP) is 1.20. The van der Waals surface area contributed by atoms with Crippen molar-refractivity contribution in [1.29, 1.82) is 0 Å². The molecule has 1 rings (SSSR count). The van der Waals surface area contributed by atoms with Crippen molar-refractivity contribution in [2.45, 2.75) is 31.5 Å². The summed E-state index contributed by atoms with van der Waals surface area (Å²) in [4.78, 5) is 0. The lowest BCUT2D eigenvalue weighted by Crippen LogP contribution is -2.37. The third-order valence-corrected chi connectivity index (χ3v) is 2.24.